The molecule has 1 atom stereocenters. The Morgan fingerprint density at radius 1 is 1.10 bits per heavy atom. The van der Waals surface area contributed by atoms with Gasteiger partial charge in [-0.3, -0.25) is 4.90 Å². The van der Waals surface area contributed by atoms with Gasteiger partial charge in [0.1, 0.15) is 0 Å². The van der Waals surface area contributed by atoms with E-state index in [1.807, 2.05) is 0 Å². The molecule has 0 aromatic carbocycles. The lowest BCUT2D eigenvalue weighted by molar-refractivity contribution is 0.0394. The molecule has 3 rings (SSSR count). The fourth-order valence-corrected chi connectivity index (χ4v) is 4.25. The monoisotopic (exact) mass is 278 g/mol. The molecule has 1 aliphatic heterocycles. The van der Waals surface area contributed by atoms with Gasteiger partial charge in [0.15, 0.2) is 0 Å². The maximum Gasteiger partial charge on any atom is 0.0309 e. The first kappa shape index (κ1) is 14.8. The van der Waals surface area contributed by atoms with Crippen LogP contribution < -0.4 is 5.32 Å². The molecule has 1 N–H and O–H groups in total. The highest BCUT2D eigenvalue weighted by Crippen LogP contribution is 2.40. The molecule has 2 saturated carbocycles. The van der Waals surface area contributed by atoms with Crippen LogP contribution in [0.2, 0.25) is 0 Å². The van der Waals surface area contributed by atoms with Crippen LogP contribution in [0.3, 0.4) is 0 Å². The van der Waals surface area contributed by atoms with Crippen molar-refractivity contribution in [3.05, 3.63) is 0 Å². The fraction of sp³-hybridized carbons (Fsp3) is 1.00. The van der Waals surface area contributed by atoms with Gasteiger partial charge >= 0.3 is 0 Å². The summed E-state index contributed by atoms with van der Waals surface area (Å²) in [5, 5.41) is 3.99. The molecule has 1 heterocycles. The molecular weight excluding hydrogens is 244 g/mol. The first-order valence-electron chi connectivity index (χ1n) is 8.97. The second kappa shape index (κ2) is 5.61. The topological polar surface area (TPSA) is 15.3 Å². The summed E-state index contributed by atoms with van der Waals surface area (Å²) < 4.78 is 0. The van der Waals surface area contributed by atoms with Crippen molar-refractivity contribution in [1.82, 2.24) is 10.2 Å². The summed E-state index contributed by atoms with van der Waals surface area (Å²) in [5.74, 6) is 1.00. The number of nitrogens with one attached hydrogen (secondary N) is 1. The van der Waals surface area contributed by atoms with Gasteiger partial charge in [-0.25, -0.2) is 0 Å². The molecule has 20 heavy (non-hydrogen) atoms. The van der Waals surface area contributed by atoms with Gasteiger partial charge < -0.3 is 5.32 Å². The van der Waals surface area contributed by atoms with Crippen LogP contribution in [0, 0.1) is 11.3 Å². The quantitative estimate of drug-likeness (QED) is 0.844. The van der Waals surface area contributed by atoms with E-state index in [1.165, 1.54) is 71.0 Å². The van der Waals surface area contributed by atoms with E-state index < -0.39 is 0 Å². The number of piperazine rings is 1. The predicted octanol–water partition coefficient (Wildman–Crippen LogP) is 3.81. The first-order chi connectivity index (χ1) is 9.48. The zero-order valence-electron chi connectivity index (χ0n) is 13.9. The van der Waals surface area contributed by atoms with Gasteiger partial charge in [-0.2, -0.15) is 0 Å². The molecule has 1 saturated heterocycles. The van der Waals surface area contributed by atoms with E-state index in [-0.39, 0.29) is 0 Å². The molecule has 0 amide bonds. The van der Waals surface area contributed by atoms with Gasteiger partial charge in [-0.05, 0) is 50.0 Å². The Morgan fingerprint density at radius 3 is 2.40 bits per heavy atom. The normalized spacial score (nSPS) is 31.6. The third kappa shape index (κ3) is 3.57. The Kier molecular flexibility index (Phi) is 4.16. The Morgan fingerprint density at radius 2 is 1.80 bits per heavy atom. The highest BCUT2D eigenvalue weighted by molar-refractivity contribution is 5.03. The highest BCUT2D eigenvalue weighted by atomic mass is 15.3. The van der Waals surface area contributed by atoms with Gasteiger partial charge in [0.2, 0.25) is 0 Å². The van der Waals surface area contributed by atoms with Crippen molar-refractivity contribution < 1.29 is 0 Å². The third-order valence-corrected chi connectivity index (χ3v) is 5.79. The van der Waals surface area contributed by atoms with Gasteiger partial charge in [0, 0.05) is 24.7 Å². The van der Waals surface area contributed by atoms with E-state index in [0.717, 1.165) is 12.0 Å². The van der Waals surface area contributed by atoms with E-state index in [2.05, 4.69) is 31.0 Å². The van der Waals surface area contributed by atoms with E-state index in [0.29, 0.717) is 11.0 Å². The van der Waals surface area contributed by atoms with Crippen molar-refractivity contribution in [2.45, 2.75) is 83.7 Å². The van der Waals surface area contributed by atoms with E-state index in [1.54, 1.807) is 0 Å². The molecule has 1 unspecified atom stereocenters. The Bertz CT molecular complexity index is 321. The number of rotatable bonds is 3. The molecule has 0 aromatic heterocycles. The Balaban J connectivity index is 1.64. The summed E-state index contributed by atoms with van der Waals surface area (Å²) >= 11 is 0. The van der Waals surface area contributed by atoms with E-state index >= 15 is 0 Å². The van der Waals surface area contributed by atoms with Crippen LogP contribution in [0.4, 0.5) is 0 Å². The van der Waals surface area contributed by atoms with Gasteiger partial charge in [0.25, 0.3) is 0 Å². The van der Waals surface area contributed by atoms with Crippen LogP contribution >= 0.6 is 0 Å². The average molecular weight is 278 g/mol. The lowest BCUT2D eigenvalue weighted by atomic mass is 9.78. The predicted molar refractivity (Wildman–Crippen MR) is 86.0 cm³/mol. The Hall–Kier alpha value is -0.0800. The SMILES string of the molecule is CC(C)(C)CCN1CC2(CCCCC2)NCC1C1CC1. The van der Waals surface area contributed by atoms with Crippen LogP contribution in [0.15, 0.2) is 0 Å². The maximum atomic E-state index is 3.99. The minimum atomic E-state index is 0.471. The third-order valence-electron chi connectivity index (χ3n) is 5.79. The summed E-state index contributed by atoms with van der Waals surface area (Å²) in [7, 11) is 0. The molecule has 0 bridgehead atoms. The molecule has 0 aromatic rings. The summed E-state index contributed by atoms with van der Waals surface area (Å²) in [5.41, 5.74) is 0.945. The van der Waals surface area contributed by atoms with E-state index in [9.17, 15) is 0 Å². The van der Waals surface area contributed by atoms with Crippen molar-refractivity contribution >= 4 is 0 Å². The van der Waals surface area contributed by atoms with Crippen LogP contribution in [0.1, 0.15) is 72.1 Å². The summed E-state index contributed by atoms with van der Waals surface area (Å²) in [6.07, 6.45) is 11.5. The lowest BCUT2D eigenvalue weighted by Crippen LogP contribution is -2.65. The van der Waals surface area contributed by atoms with Crippen molar-refractivity contribution in [3.8, 4) is 0 Å². The highest BCUT2D eigenvalue weighted by Gasteiger charge is 2.44. The van der Waals surface area contributed by atoms with Crippen molar-refractivity contribution in [2.24, 2.45) is 11.3 Å². The average Bonchev–Trinajstić information content (AvgIpc) is 3.21. The number of hydrogen-bond donors (Lipinski definition) is 1. The van der Waals surface area contributed by atoms with Crippen LogP contribution in [-0.4, -0.2) is 36.1 Å². The van der Waals surface area contributed by atoms with Gasteiger partial charge in [0.05, 0.1) is 0 Å². The molecule has 116 valence electrons. The zero-order valence-corrected chi connectivity index (χ0v) is 13.9. The van der Waals surface area contributed by atoms with Crippen LogP contribution in [0.5, 0.6) is 0 Å². The van der Waals surface area contributed by atoms with Crippen LogP contribution in [0.25, 0.3) is 0 Å². The number of hydrogen-bond acceptors (Lipinski definition) is 2. The van der Waals surface area contributed by atoms with Crippen molar-refractivity contribution in [2.75, 3.05) is 19.6 Å². The minimum absolute atomic E-state index is 0.471. The van der Waals surface area contributed by atoms with E-state index in [4.69, 9.17) is 0 Å². The molecule has 3 fully saturated rings. The number of nitrogens with zero attached hydrogens (tertiary/aromatic N) is 1. The lowest BCUT2D eigenvalue weighted by Gasteiger charge is -2.50. The van der Waals surface area contributed by atoms with Gasteiger partial charge in [-0.15, -0.1) is 0 Å². The molecule has 2 aliphatic carbocycles. The molecule has 1 spiro atoms. The minimum Gasteiger partial charge on any atom is -0.308 e. The Labute approximate surface area is 125 Å². The zero-order chi connectivity index (χ0) is 14.2. The second-order valence-corrected chi connectivity index (χ2v) is 8.91. The second-order valence-electron chi connectivity index (χ2n) is 8.91. The molecular formula is C18H34N2. The molecule has 2 nitrogen and oxygen atoms in total. The molecule has 2 heteroatoms. The van der Waals surface area contributed by atoms with Crippen molar-refractivity contribution in [3.63, 3.8) is 0 Å². The summed E-state index contributed by atoms with van der Waals surface area (Å²) in [6, 6.07) is 0.838. The molecule has 3 aliphatic rings. The summed E-state index contributed by atoms with van der Waals surface area (Å²) in [6.45, 7) is 11.1. The first-order valence-corrected chi connectivity index (χ1v) is 8.97. The standard InChI is InChI=1S/C18H34N2/c1-17(2,3)11-12-20-14-18(9-5-4-6-10-18)19-13-16(20)15-7-8-15/h15-16,19H,4-14H2,1-3H3. The fourth-order valence-electron chi connectivity index (χ4n) is 4.25. The smallest absolute Gasteiger partial charge is 0.0309 e. The van der Waals surface area contributed by atoms with Crippen molar-refractivity contribution in [1.29, 1.82) is 0 Å². The van der Waals surface area contributed by atoms with Crippen LogP contribution in [-0.2, 0) is 0 Å². The largest absolute Gasteiger partial charge is 0.308 e. The summed E-state index contributed by atoms with van der Waals surface area (Å²) in [4.78, 5) is 2.88. The molecule has 0 radical (unpaired) electrons. The van der Waals surface area contributed by atoms with Gasteiger partial charge in [-0.1, -0.05) is 40.0 Å². The maximum absolute atomic E-state index is 3.99.